The van der Waals surface area contributed by atoms with Crippen LogP contribution in [0.5, 0.6) is 11.5 Å². The van der Waals surface area contributed by atoms with Crippen LogP contribution >= 0.6 is 0 Å². The van der Waals surface area contributed by atoms with Gasteiger partial charge in [0.15, 0.2) is 0 Å². The fourth-order valence-electron chi connectivity index (χ4n) is 2.85. The number of amides is 1. The first kappa shape index (κ1) is 17.5. The second kappa shape index (κ2) is 7.40. The molecule has 0 unspecified atom stereocenters. The van der Waals surface area contributed by atoms with Gasteiger partial charge in [0.25, 0.3) is 5.91 Å². The molecule has 1 amide bonds. The molecule has 1 N–H and O–H groups in total. The molecule has 4 rings (SSSR count). The topological polar surface area (TPSA) is 86.5 Å². The third-order valence-corrected chi connectivity index (χ3v) is 4.29. The van der Waals surface area contributed by atoms with Gasteiger partial charge < -0.3 is 13.9 Å². The monoisotopic (exact) mass is 375 g/mol. The van der Waals surface area contributed by atoms with Crippen LogP contribution < -0.4 is 14.8 Å². The molecule has 28 heavy (non-hydrogen) atoms. The highest BCUT2D eigenvalue weighted by Gasteiger charge is 2.17. The number of benzene rings is 3. The molecule has 0 bridgehead atoms. The Kier molecular flexibility index (Phi) is 4.63. The number of fused-ring (bicyclic) bond motifs is 1. The summed E-state index contributed by atoms with van der Waals surface area (Å²) in [7, 11) is 3.12. The molecule has 3 aromatic carbocycles. The van der Waals surface area contributed by atoms with Gasteiger partial charge in [-0.15, -0.1) is 5.10 Å². The number of ether oxygens (including phenoxy) is 2. The van der Waals surface area contributed by atoms with E-state index in [1.807, 2.05) is 30.3 Å². The van der Waals surface area contributed by atoms with Crippen LogP contribution in [0.1, 0.15) is 10.4 Å². The van der Waals surface area contributed by atoms with Gasteiger partial charge >= 0.3 is 6.01 Å². The van der Waals surface area contributed by atoms with E-state index < -0.39 is 5.91 Å². The molecule has 0 aliphatic rings. The molecular formula is C21H17N3O4. The zero-order chi connectivity index (χ0) is 19.5. The molecule has 0 spiro atoms. The van der Waals surface area contributed by atoms with E-state index in [2.05, 4.69) is 15.5 Å². The number of aromatic nitrogens is 2. The van der Waals surface area contributed by atoms with Gasteiger partial charge in [-0.1, -0.05) is 29.4 Å². The number of hydrogen-bond donors (Lipinski definition) is 1. The SMILES string of the molecule is COc1ccc(-c2nnc(NC(=O)c3cc4ccccc4cc3OC)o2)cc1. The van der Waals surface area contributed by atoms with Gasteiger partial charge in [0.1, 0.15) is 11.5 Å². The molecule has 0 radical (unpaired) electrons. The lowest BCUT2D eigenvalue weighted by atomic mass is 10.1. The molecule has 0 saturated carbocycles. The molecule has 1 heterocycles. The minimum atomic E-state index is -0.396. The van der Waals surface area contributed by atoms with Crippen LogP contribution in [0.2, 0.25) is 0 Å². The highest BCUT2D eigenvalue weighted by atomic mass is 16.5. The van der Waals surface area contributed by atoms with Crippen LogP contribution in [0.3, 0.4) is 0 Å². The summed E-state index contributed by atoms with van der Waals surface area (Å²) in [6, 6.07) is 18.5. The van der Waals surface area contributed by atoms with Crippen LogP contribution in [-0.4, -0.2) is 30.3 Å². The summed E-state index contributed by atoms with van der Waals surface area (Å²) < 4.78 is 16.1. The quantitative estimate of drug-likeness (QED) is 0.564. The normalized spacial score (nSPS) is 10.6. The Morgan fingerprint density at radius 1 is 0.929 bits per heavy atom. The fourth-order valence-corrected chi connectivity index (χ4v) is 2.85. The molecular weight excluding hydrogens is 358 g/mol. The van der Waals surface area contributed by atoms with Gasteiger partial charge in [-0.2, -0.15) is 0 Å². The van der Waals surface area contributed by atoms with Gasteiger partial charge in [0, 0.05) is 5.56 Å². The predicted octanol–water partition coefficient (Wildman–Crippen LogP) is 4.16. The van der Waals surface area contributed by atoms with Crippen molar-refractivity contribution in [3.8, 4) is 23.0 Å². The van der Waals surface area contributed by atoms with E-state index in [1.165, 1.54) is 7.11 Å². The number of methoxy groups -OCH3 is 2. The van der Waals surface area contributed by atoms with Crippen molar-refractivity contribution in [3.63, 3.8) is 0 Å². The minimum absolute atomic E-state index is 0.00558. The summed E-state index contributed by atoms with van der Waals surface area (Å²) in [4.78, 5) is 12.7. The number of hydrogen-bond acceptors (Lipinski definition) is 6. The standard InChI is InChI=1S/C21H17N3O4/c1-26-16-9-7-13(8-10-16)20-23-24-21(28-20)22-19(25)17-11-14-5-3-4-6-15(14)12-18(17)27-2/h3-12H,1-2H3,(H,22,24,25). The van der Waals surface area contributed by atoms with E-state index >= 15 is 0 Å². The number of rotatable bonds is 5. The molecule has 4 aromatic rings. The lowest BCUT2D eigenvalue weighted by Gasteiger charge is -2.09. The molecule has 7 nitrogen and oxygen atoms in total. The van der Waals surface area contributed by atoms with Crippen molar-refractivity contribution < 1.29 is 18.7 Å². The van der Waals surface area contributed by atoms with Crippen molar-refractivity contribution in [1.29, 1.82) is 0 Å². The number of nitrogens with one attached hydrogen (secondary N) is 1. The molecule has 0 atom stereocenters. The zero-order valence-electron chi connectivity index (χ0n) is 15.3. The molecule has 0 aliphatic carbocycles. The summed E-state index contributed by atoms with van der Waals surface area (Å²) in [5.41, 5.74) is 1.10. The zero-order valence-corrected chi connectivity index (χ0v) is 15.3. The Morgan fingerprint density at radius 3 is 2.32 bits per heavy atom. The van der Waals surface area contributed by atoms with Crippen molar-refractivity contribution in [2.24, 2.45) is 0 Å². The van der Waals surface area contributed by atoms with Crippen LogP contribution in [0, 0.1) is 0 Å². The van der Waals surface area contributed by atoms with Crippen molar-refractivity contribution in [1.82, 2.24) is 10.2 Å². The molecule has 1 aromatic heterocycles. The summed E-state index contributed by atoms with van der Waals surface area (Å²) >= 11 is 0. The maximum absolute atomic E-state index is 12.7. The first-order valence-corrected chi connectivity index (χ1v) is 8.54. The third kappa shape index (κ3) is 3.37. The van der Waals surface area contributed by atoms with Crippen molar-refractivity contribution >= 4 is 22.7 Å². The third-order valence-electron chi connectivity index (χ3n) is 4.29. The van der Waals surface area contributed by atoms with Crippen LogP contribution in [0.15, 0.2) is 65.1 Å². The van der Waals surface area contributed by atoms with E-state index in [-0.39, 0.29) is 6.01 Å². The number of carbonyl (C=O) groups excluding carboxylic acids is 1. The Balaban J connectivity index is 1.58. The molecule has 0 saturated heterocycles. The molecule has 0 aliphatic heterocycles. The maximum Gasteiger partial charge on any atom is 0.322 e. The lowest BCUT2D eigenvalue weighted by Crippen LogP contribution is -2.13. The first-order chi connectivity index (χ1) is 13.7. The molecule has 7 heteroatoms. The van der Waals surface area contributed by atoms with E-state index in [4.69, 9.17) is 13.9 Å². The Bertz CT molecular complexity index is 1140. The number of nitrogens with zero attached hydrogens (tertiary/aromatic N) is 2. The summed E-state index contributed by atoms with van der Waals surface area (Å²) in [6.07, 6.45) is 0. The average molecular weight is 375 g/mol. The van der Waals surface area contributed by atoms with Gasteiger partial charge in [0.2, 0.25) is 5.89 Å². The maximum atomic E-state index is 12.7. The van der Waals surface area contributed by atoms with Crippen molar-refractivity contribution in [3.05, 3.63) is 66.2 Å². The van der Waals surface area contributed by atoms with Gasteiger partial charge in [-0.05, 0) is 47.2 Å². The largest absolute Gasteiger partial charge is 0.497 e. The van der Waals surface area contributed by atoms with Crippen LogP contribution in [-0.2, 0) is 0 Å². The van der Waals surface area contributed by atoms with Crippen molar-refractivity contribution in [2.45, 2.75) is 0 Å². The van der Waals surface area contributed by atoms with Gasteiger partial charge in [0.05, 0.1) is 19.8 Å². The van der Waals surface area contributed by atoms with Gasteiger partial charge in [-0.3, -0.25) is 10.1 Å². The average Bonchev–Trinajstić information content (AvgIpc) is 3.21. The lowest BCUT2D eigenvalue weighted by molar-refractivity contribution is 0.102. The summed E-state index contributed by atoms with van der Waals surface area (Å²) in [5.74, 6) is 1.09. The predicted molar refractivity (Wildman–Crippen MR) is 105 cm³/mol. The van der Waals surface area contributed by atoms with E-state index in [9.17, 15) is 4.79 Å². The Hall–Kier alpha value is -3.87. The Labute approximate surface area is 160 Å². The molecule has 0 fully saturated rings. The van der Waals surface area contributed by atoms with Crippen LogP contribution in [0.4, 0.5) is 6.01 Å². The number of anilines is 1. The van der Waals surface area contributed by atoms with E-state index in [0.29, 0.717) is 17.2 Å². The fraction of sp³-hybridized carbons (Fsp3) is 0.0952. The first-order valence-electron chi connectivity index (χ1n) is 8.54. The van der Waals surface area contributed by atoms with Gasteiger partial charge in [-0.25, -0.2) is 0 Å². The summed E-state index contributed by atoms with van der Waals surface area (Å²) in [6.45, 7) is 0. The Morgan fingerprint density at radius 2 is 1.64 bits per heavy atom. The summed E-state index contributed by atoms with van der Waals surface area (Å²) in [5, 5.41) is 12.4. The number of carbonyl (C=O) groups is 1. The molecule has 140 valence electrons. The second-order valence-electron chi connectivity index (χ2n) is 5.99. The van der Waals surface area contributed by atoms with Crippen molar-refractivity contribution in [2.75, 3.05) is 19.5 Å². The van der Waals surface area contributed by atoms with E-state index in [1.54, 1.807) is 37.4 Å². The highest BCUT2D eigenvalue weighted by molar-refractivity contribution is 6.07. The highest BCUT2D eigenvalue weighted by Crippen LogP contribution is 2.27. The van der Waals surface area contributed by atoms with E-state index in [0.717, 1.165) is 22.1 Å². The smallest absolute Gasteiger partial charge is 0.322 e. The van der Waals surface area contributed by atoms with Crippen LogP contribution in [0.25, 0.3) is 22.2 Å². The minimum Gasteiger partial charge on any atom is -0.497 e. The second-order valence-corrected chi connectivity index (χ2v) is 5.99.